The minimum Gasteiger partial charge on any atom is -0.493 e. The van der Waals surface area contributed by atoms with E-state index in [-0.39, 0.29) is 5.82 Å². The Kier molecular flexibility index (Phi) is 4.62. The third-order valence-electron chi connectivity index (χ3n) is 2.72. The normalized spacial score (nSPS) is 9.95. The highest BCUT2D eigenvalue weighted by Crippen LogP contribution is 2.29. The van der Waals surface area contributed by atoms with Gasteiger partial charge in [-0.1, -0.05) is 5.16 Å². The van der Waals surface area contributed by atoms with E-state index in [2.05, 4.69) is 15.8 Å². The van der Waals surface area contributed by atoms with Crippen molar-refractivity contribution >= 4 is 23.3 Å². The van der Waals surface area contributed by atoms with E-state index in [1.165, 1.54) is 20.3 Å². The molecule has 0 radical (unpaired) electrons. The number of aryl methyl sites for hydroxylation is 1. The molecule has 8 heteroatoms. The molecule has 0 aliphatic rings. The number of aromatic nitrogens is 1. The molecule has 1 aromatic carbocycles. The molecule has 2 N–H and O–H groups in total. The number of hydrogen-bond donors (Lipinski definition) is 2. The van der Waals surface area contributed by atoms with Crippen LogP contribution in [-0.2, 0) is 9.59 Å². The second-order valence-electron chi connectivity index (χ2n) is 4.30. The van der Waals surface area contributed by atoms with Crippen LogP contribution < -0.4 is 20.1 Å². The van der Waals surface area contributed by atoms with Gasteiger partial charge in [0.05, 0.1) is 14.2 Å². The summed E-state index contributed by atoms with van der Waals surface area (Å²) in [6, 6.07) is 6.26. The van der Waals surface area contributed by atoms with Gasteiger partial charge in [0, 0.05) is 17.8 Å². The Morgan fingerprint density at radius 1 is 1.05 bits per heavy atom. The van der Waals surface area contributed by atoms with E-state index in [0.717, 1.165) is 0 Å². The summed E-state index contributed by atoms with van der Waals surface area (Å²) in [6.07, 6.45) is 0. The Morgan fingerprint density at radius 3 is 2.32 bits per heavy atom. The lowest BCUT2D eigenvalue weighted by Gasteiger charge is -2.10. The molecule has 2 rings (SSSR count). The van der Waals surface area contributed by atoms with Crippen LogP contribution in [0.2, 0.25) is 0 Å². The molecule has 22 heavy (non-hydrogen) atoms. The molecular weight excluding hydrogens is 290 g/mol. The molecule has 0 aliphatic heterocycles. The fraction of sp³-hybridized carbons (Fsp3) is 0.214. The second-order valence-corrected chi connectivity index (χ2v) is 4.30. The van der Waals surface area contributed by atoms with Gasteiger partial charge in [0.1, 0.15) is 5.76 Å². The zero-order valence-electron chi connectivity index (χ0n) is 12.3. The number of hydrogen-bond acceptors (Lipinski definition) is 6. The van der Waals surface area contributed by atoms with E-state index in [4.69, 9.17) is 14.0 Å². The van der Waals surface area contributed by atoms with Crippen molar-refractivity contribution in [3.63, 3.8) is 0 Å². The summed E-state index contributed by atoms with van der Waals surface area (Å²) < 4.78 is 15.0. The molecule has 0 bridgehead atoms. The van der Waals surface area contributed by atoms with Crippen molar-refractivity contribution in [2.75, 3.05) is 24.9 Å². The minimum atomic E-state index is -0.858. The van der Waals surface area contributed by atoms with Crippen molar-refractivity contribution in [2.24, 2.45) is 0 Å². The van der Waals surface area contributed by atoms with Crippen LogP contribution in [0.15, 0.2) is 28.8 Å². The van der Waals surface area contributed by atoms with E-state index in [1.807, 2.05) is 0 Å². The molecule has 0 aliphatic carbocycles. The van der Waals surface area contributed by atoms with E-state index in [1.54, 1.807) is 25.1 Å². The first-order chi connectivity index (χ1) is 10.5. The number of anilines is 2. The number of carbonyl (C=O) groups is 2. The van der Waals surface area contributed by atoms with Gasteiger partial charge in [0.15, 0.2) is 17.3 Å². The lowest BCUT2D eigenvalue weighted by Crippen LogP contribution is -2.29. The smallest absolute Gasteiger partial charge is 0.315 e. The number of amides is 2. The maximum atomic E-state index is 11.8. The standard InChI is InChI=1S/C14H15N3O5/c1-8-6-12(17-22-8)16-14(19)13(18)15-9-4-5-10(20-2)11(7-9)21-3/h4-7H,1-3H3,(H,15,18)(H,16,17,19). The molecule has 2 amide bonds. The number of nitrogens with one attached hydrogen (secondary N) is 2. The Labute approximate surface area is 126 Å². The van der Waals surface area contributed by atoms with Crippen molar-refractivity contribution in [2.45, 2.75) is 6.92 Å². The van der Waals surface area contributed by atoms with Crippen LogP contribution in [0.4, 0.5) is 11.5 Å². The first-order valence-corrected chi connectivity index (χ1v) is 6.31. The van der Waals surface area contributed by atoms with Gasteiger partial charge in [-0.15, -0.1) is 0 Å². The monoisotopic (exact) mass is 305 g/mol. The SMILES string of the molecule is COc1ccc(NC(=O)C(=O)Nc2cc(C)on2)cc1OC. The molecular formula is C14H15N3O5. The summed E-state index contributed by atoms with van der Waals surface area (Å²) in [7, 11) is 2.98. The molecule has 1 heterocycles. The van der Waals surface area contributed by atoms with Crippen molar-refractivity contribution in [3.05, 3.63) is 30.0 Å². The topological polar surface area (TPSA) is 103 Å². The third kappa shape index (κ3) is 3.54. The van der Waals surface area contributed by atoms with Crippen LogP contribution in [0, 0.1) is 6.92 Å². The highest BCUT2D eigenvalue weighted by molar-refractivity contribution is 6.43. The molecule has 1 aromatic heterocycles. The van der Waals surface area contributed by atoms with E-state index in [9.17, 15) is 9.59 Å². The summed E-state index contributed by atoms with van der Waals surface area (Å²) in [5, 5.41) is 8.34. The van der Waals surface area contributed by atoms with Crippen LogP contribution in [0.1, 0.15) is 5.76 Å². The predicted molar refractivity (Wildman–Crippen MR) is 78.0 cm³/mol. The first-order valence-electron chi connectivity index (χ1n) is 6.31. The summed E-state index contributed by atoms with van der Waals surface area (Å²) in [6.45, 7) is 1.67. The van der Waals surface area contributed by atoms with Crippen molar-refractivity contribution in [1.29, 1.82) is 0 Å². The highest BCUT2D eigenvalue weighted by Gasteiger charge is 2.16. The van der Waals surface area contributed by atoms with Crippen molar-refractivity contribution < 1.29 is 23.6 Å². The van der Waals surface area contributed by atoms with Gasteiger partial charge < -0.3 is 19.3 Å². The Bertz CT molecular complexity index is 696. The lowest BCUT2D eigenvalue weighted by atomic mass is 10.2. The van der Waals surface area contributed by atoms with Gasteiger partial charge in [-0.3, -0.25) is 14.9 Å². The Morgan fingerprint density at radius 2 is 1.73 bits per heavy atom. The average molecular weight is 305 g/mol. The van der Waals surface area contributed by atoms with Gasteiger partial charge in [-0.25, -0.2) is 0 Å². The van der Waals surface area contributed by atoms with Crippen LogP contribution >= 0.6 is 0 Å². The van der Waals surface area contributed by atoms with E-state index >= 15 is 0 Å². The maximum Gasteiger partial charge on any atom is 0.315 e. The quantitative estimate of drug-likeness (QED) is 0.831. The van der Waals surface area contributed by atoms with Gasteiger partial charge >= 0.3 is 11.8 Å². The largest absolute Gasteiger partial charge is 0.493 e. The summed E-state index contributed by atoms with van der Waals surface area (Å²) >= 11 is 0. The van der Waals surface area contributed by atoms with E-state index in [0.29, 0.717) is 22.9 Å². The number of ether oxygens (including phenoxy) is 2. The summed E-state index contributed by atoms with van der Waals surface area (Å²) in [5.41, 5.74) is 0.397. The maximum absolute atomic E-state index is 11.8. The van der Waals surface area contributed by atoms with Crippen molar-refractivity contribution in [1.82, 2.24) is 5.16 Å². The number of carbonyl (C=O) groups excluding carboxylic acids is 2. The first kappa shape index (κ1) is 15.4. The van der Waals surface area contributed by atoms with Gasteiger partial charge in [-0.2, -0.15) is 0 Å². The van der Waals surface area contributed by atoms with Gasteiger partial charge in [0.25, 0.3) is 0 Å². The molecule has 8 nitrogen and oxygen atoms in total. The molecule has 0 saturated heterocycles. The molecule has 116 valence electrons. The highest BCUT2D eigenvalue weighted by atomic mass is 16.5. The van der Waals surface area contributed by atoms with Gasteiger partial charge in [0.2, 0.25) is 0 Å². The number of methoxy groups -OCH3 is 2. The molecule has 0 fully saturated rings. The zero-order valence-corrected chi connectivity index (χ0v) is 12.3. The third-order valence-corrected chi connectivity index (χ3v) is 2.72. The Balaban J connectivity index is 2.03. The van der Waals surface area contributed by atoms with Gasteiger partial charge in [-0.05, 0) is 19.1 Å². The molecule has 0 spiro atoms. The molecule has 0 saturated carbocycles. The summed E-state index contributed by atoms with van der Waals surface area (Å²) in [5.74, 6) is -0.0487. The van der Waals surface area contributed by atoms with Crippen LogP contribution in [0.3, 0.4) is 0 Å². The predicted octanol–water partition coefficient (Wildman–Crippen LogP) is 1.58. The molecule has 2 aromatic rings. The number of nitrogens with zero attached hydrogens (tertiary/aromatic N) is 1. The van der Waals surface area contributed by atoms with Crippen molar-refractivity contribution in [3.8, 4) is 11.5 Å². The second kappa shape index (κ2) is 6.61. The lowest BCUT2D eigenvalue weighted by molar-refractivity contribution is -0.133. The van der Waals surface area contributed by atoms with Crippen LogP contribution in [0.5, 0.6) is 11.5 Å². The molecule has 0 unspecified atom stereocenters. The fourth-order valence-corrected chi connectivity index (χ4v) is 1.70. The average Bonchev–Trinajstić information content (AvgIpc) is 2.92. The number of benzene rings is 1. The summed E-state index contributed by atoms with van der Waals surface area (Å²) in [4.78, 5) is 23.6. The fourth-order valence-electron chi connectivity index (χ4n) is 1.70. The van der Waals surface area contributed by atoms with E-state index < -0.39 is 11.8 Å². The van der Waals surface area contributed by atoms with Crippen LogP contribution in [0.25, 0.3) is 0 Å². The minimum absolute atomic E-state index is 0.171. The zero-order chi connectivity index (χ0) is 16.1. The van der Waals surface area contributed by atoms with Crippen LogP contribution in [-0.4, -0.2) is 31.2 Å². The Hall–Kier alpha value is -3.03. The number of rotatable bonds is 4. The molecule has 0 atom stereocenters.